The molecule has 4 heterocycles. The number of pyridine rings is 1. The molecule has 29 heavy (non-hydrogen) atoms. The number of aryl methyl sites for hydroxylation is 3. The first-order valence-corrected chi connectivity index (χ1v) is 10.1. The molecule has 4 aromatic rings. The van der Waals surface area contributed by atoms with Gasteiger partial charge in [0.15, 0.2) is 0 Å². The minimum absolute atomic E-state index is 0.163. The van der Waals surface area contributed by atoms with Gasteiger partial charge in [-0.05, 0) is 32.9 Å². The molecule has 9 nitrogen and oxygen atoms in total. The van der Waals surface area contributed by atoms with Gasteiger partial charge in [0.1, 0.15) is 22.1 Å². The van der Waals surface area contributed by atoms with Crippen LogP contribution in [0.15, 0.2) is 18.3 Å². The number of fused-ring (bicyclic) bond motifs is 1. The molecule has 10 heteroatoms. The summed E-state index contributed by atoms with van der Waals surface area (Å²) in [6.07, 6.45) is 1.72. The lowest BCUT2D eigenvalue weighted by Gasteiger charge is -2.07. The zero-order chi connectivity index (χ0) is 20.9. The number of hydrogen-bond acceptors (Lipinski definition) is 7. The van der Waals surface area contributed by atoms with Crippen LogP contribution >= 0.6 is 11.3 Å². The Kier molecular flexibility index (Phi) is 4.67. The van der Waals surface area contributed by atoms with E-state index in [0.717, 1.165) is 38.7 Å². The van der Waals surface area contributed by atoms with Crippen molar-refractivity contribution in [1.82, 2.24) is 29.5 Å². The minimum Gasteiger partial charge on any atom is -0.364 e. The van der Waals surface area contributed by atoms with Crippen LogP contribution in [-0.4, -0.2) is 35.4 Å². The molecule has 0 fully saturated rings. The van der Waals surface area contributed by atoms with E-state index >= 15 is 0 Å². The van der Waals surface area contributed by atoms with Crippen LogP contribution in [0.1, 0.15) is 40.9 Å². The van der Waals surface area contributed by atoms with Crippen LogP contribution in [0, 0.1) is 6.92 Å². The van der Waals surface area contributed by atoms with Crippen molar-refractivity contribution < 1.29 is 4.79 Å². The Hall–Kier alpha value is -3.11. The summed E-state index contributed by atoms with van der Waals surface area (Å²) in [5, 5.41) is 10.4. The molecule has 150 valence electrons. The molecule has 1 unspecified atom stereocenters. The van der Waals surface area contributed by atoms with Gasteiger partial charge in [0, 0.05) is 25.0 Å². The van der Waals surface area contributed by atoms with Gasteiger partial charge < -0.3 is 11.5 Å². The van der Waals surface area contributed by atoms with E-state index in [2.05, 4.69) is 15.2 Å². The quantitative estimate of drug-likeness (QED) is 0.519. The molecule has 0 aliphatic rings. The second-order valence-corrected chi connectivity index (χ2v) is 7.96. The van der Waals surface area contributed by atoms with E-state index in [0.29, 0.717) is 11.4 Å². The fourth-order valence-corrected chi connectivity index (χ4v) is 4.37. The Morgan fingerprint density at radius 2 is 2.03 bits per heavy atom. The fourth-order valence-electron chi connectivity index (χ4n) is 3.33. The van der Waals surface area contributed by atoms with Crippen molar-refractivity contribution in [3.63, 3.8) is 0 Å². The third kappa shape index (κ3) is 3.19. The molecule has 0 aliphatic carbocycles. The molecule has 1 amide bonds. The van der Waals surface area contributed by atoms with E-state index in [4.69, 9.17) is 16.5 Å². The summed E-state index contributed by atoms with van der Waals surface area (Å²) in [6.45, 7) is 6.62. The average molecular weight is 411 g/mol. The highest BCUT2D eigenvalue weighted by Crippen LogP contribution is 2.38. The predicted molar refractivity (Wildman–Crippen MR) is 112 cm³/mol. The second-order valence-electron chi connectivity index (χ2n) is 6.93. The highest BCUT2D eigenvalue weighted by Gasteiger charge is 2.24. The number of nitrogens with zero attached hydrogens (tertiary/aromatic N) is 6. The normalized spacial score (nSPS) is 12.6. The first kappa shape index (κ1) is 19.2. The standard InChI is InChI=1S/C19H22N8OS/c1-5-27-14(6-9(2)25-27)19-24-16(17(29-19)10(3)20)15-11-8-22-26(4)13(11)7-12(23-15)18(21)28/h6-8,10H,5,20H2,1-4H3,(H2,21,28). The van der Waals surface area contributed by atoms with Gasteiger partial charge in [-0.1, -0.05) is 0 Å². The molecule has 0 bridgehead atoms. The Balaban J connectivity index is 2.00. The zero-order valence-electron chi connectivity index (χ0n) is 16.7. The van der Waals surface area contributed by atoms with E-state index in [1.165, 1.54) is 11.3 Å². The van der Waals surface area contributed by atoms with Crippen LogP contribution in [0.25, 0.3) is 33.0 Å². The van der Waals surface area contributed by atoms with Crippen LogP contribution in [-0.2, 0) is 13.6 Å². The Labute approximate surface area is 171 Å². The third-order valence-electron chi connectivity index (χ3n) is 4.71. The number of hydrogen-bond donors (Lipinski definition) is 2. The molecular weight excluding hydrogens is 388 g/mol. The van der Waals surface area contributed by atoms with Crippen LogP contribution in [0.4, 0.5) is 0 Å². The Bertz CT molecular complexity index is 1230. The first-order chi connectivity index (χ1) is 13.8. The third-order valence-corrected chi connectivity index (χ3v) is 5.99. The van der Waals surface area contributed by atoms with Crippen molar-refractivity contribution in [2.75, 3.05) is 0 Å². The maximum atomic E-state index is 11.9. The highest BCUT2D eigenvalue weighted by atomic mass is 32.1. The number of nitrogens with two attached hydrogens (primary N) is 2. The Morgan fingerprint density at radius 1 is 1.28 bits per heavy atom. The minimum atomic E-state index is -0.605. The van der Waals surface area contributed by atoms with Gasteiger partial charge in [0.25, 0.3) is 5.91 Å². The molecule has 4 N–H and O–H groups in total. The van der Waals surface area contributed by atoms with Crippen LogP contribution in [0.5, 0.6) is 0 Å². The molecule has 0 radical (unpaired) electrons. The molecule has 1 atom stereocenters. The van der Waals surface area contributed by atoms with Gasteiger partial charge in [0.05, 0.1) is 28.0 Å². The molecular formula is C19H22N8OS. The van der Waals surface area contributed by atoms with Crippen molar-refractivity contribution in [3.05, 3.63) is 34.6 Å². The summed E-state index contributed by atoms with van der Waals surface area (Å²) in [7, 11) is 1.80. The van der Waals surface area contributed by atoms with Crippen LogP contribution in [0.2, 0.25) is 0 Å². The number of amides is 1. The number of aromatic nitrogens is 6. The maximum absolute atomic E-state index is 11.9. The molecule has 0 aliphatic heterocycles. The number of primary amides is 1. The summed E-state index contributed by atoms with van der Waals surface area (Å²) in [4.78, 5) is 22.1. The first-order valence-electron chi connectivity index (χ1n) is 9.24. The average Bonchev–Trinajstić information content (AvgIpc) is 3.37. The summed E-state index contributed by atoms with van der Waals surface area (Å²) >= 11 is 1.51. The van der Waals surface area contributed by atoms with Crippen LogP contribution in [0.3, 0.4) is 0 Å². The van der Waals surface area contributed by atoms with Gasteiger partial charge >= 0.3 is 0 Å². The van der Waals surface area contributed by atoms with E-state index in [1.54, 1.807) is 24.0 Å². The monoisotopic (exact) mass is 410 g/mol. The smallest absolute Gasteiger partial charge is 0.267 e. The van der Waals surface area contributed by atoms with Crippen molar-refractivity contribution in [2.24, 2.45) is 18.5 Å². The van der Waals surface area contributed by atoms with Crippen molar-refractivity contribution in [1.29, 1.82) is 0 Å². The molecule has 0 saturated carbocycles. The largest absolute Gasteiger partial charge is 0.364 e. The topological polar surface area (TPSA) is 131 Å². The maximum Gasteiger partial charge on any atom is 0.267 e. The second kappa shape index (κ2) is 7.05. The molecule has 4 aromatic heterocycles. The van der Waals surface area contributed by atoms with Crippen molar-refractivity contribution in [3.8, 4) is 22.1 Å². The van der Waals surface area contributed by atoms with E-state index in [9.17, 15) is 4.79 Å². The number of carbonyl (C=O) groups excluding carboxylic acids is 1. The van der Waals surface area contributed by atoms with E-state index in [-0.39, 0.29) is 11.7 Å². The van der Waals surface area contributed by atoms with Crippen LogP contribution < -0.4 is 11.5 Å². The summed E-state index contributed by atoms with van der Waals surface area (Å²) < 4.78 is 3.59. The van der Waals surface area contributed by atoms with Gasteiger partial charge in [-0.25, -0.2) is 9.97 Å². The van der Waals surface area contributed by atoms with Gasteiger partial charge in [-0.15, -0.1) is 11.3 Å². The van der Waals surface area contributed by atoms with Crippen molar-refractivity contribution >= 4 is 28.1 Å². The summed E-state index contributed by atoms with van der Waals surface area (Å²) in [6, 6.07) is 3.38. The number of thiazole rings is 1. The Morgan fingerprint density at radius 3 is 2.69 bits per heavy atom. The predicted octanol–water partition coefficient (Wildman–Crippen LogP) is 2.40. The lowest BCUT2D eigenvalue weighted by molar-refractivity contribution is 0.0996. The van der Waals surface area contributed by atoms with E-state index in [1.807, 2.05) is 31.5 Å². The summed E-state index contributed by atoms with van der Waals surface area (Å²) in [5.74, 6) is -0.605. The number of carbonyl (C=O) groups is 1. The lowest BCUT2D eigenvalue weighted by atomic mass is 10.1. The van der Waals surface area contributed by atoms with Gasteiger partial charge in [0.2, 0.25) is 0 Å². The zero-order valence-corrected chi connectivity index (χ0v) is 17.5. The highest BCUT2D eigenvalue weighted by molar-refractivity contribution is 7.15. The summed E-state index contributed by atoms with van der Waals surface area (Å²) in [5.41, 5.74) is 15.8. The fraction of sp³-hybridized carbons (Fsp3) is 0.316. The SMILES string of the molecule is CCn1nc(C)cc1-c1nc(-c2nc(C(N)=O)cc3c2cnn3C)c(C(C)N)s1. The molecule has 4 rings (SSSR count). The van der Waals surface area contributed by atoms with Crippen molar-refractivity contribution in [2.45, 2.75) is 33.4 Å². The van der Waals surface area contributed by atoms with E-state index < -0.39 is 5.91 Å². The number of rotatable bonds is 5. The lowest BCUT2D eigenvalue weighted by Crippen LogP contribution is -2.14. The van der Waals surface area contributed by atoms with Gasteiger partial charge in [-0.2, -0.15) is 10.2 Å². The molecule has 0 saturated heterocycles. The molecule has 0 spiro atoms. The molecule has 0 aromatic carbocycles. The van der Waals surface area contributed by atoms with Gasteiger partial charge in [-0.3, -0.25) is 14.2 Å².